The van der Waals surface area contributed by atoms with Gasteiger partial charge in [0.05, 0.1) is 25.0 Å². The smallest absolute Gasteiger partial charge is 0.265 e. The number of carbonyl (C=O) groups excluding carboxylic acids is 2. The Morgan fingerprint density at radius 3 is 2.67 bits per heavy atom. The first-order valence-corrected chi connectivity index (χ1v) is 8.89. The second-order valence-corrected chi connectivity index (χ2v) is 6.20. The number of benzene rings is 2. The zero-order chi connectivity index (χ0) is 19.8. The Morgan fingerprint density at radius 1 is 1.22 bits per heavy atom. The zero-order valence-electron chi connectivity index (χ0n) is 15.5. The number of amides is 1. The molecule has 0 heterocycles. The molecule has 0 aliphatic carbocycles. The number of nitrogens with one attached hydrogen (secondary N) is 1. The fourth-order valence-corrected chi connectivity index (χ4v) is 2.45. The van der Waals surface area contributed by atoms with Crippen LogP contribution in [-0.4, -0.2) is 32.0 Å². The number of aldehydes is 1. The molecular weight excluding hydrogens is 370 g/mol. The number of carbonyl (C=O) groups is 2. The SMILES string of the molecule is CCCOc1ccc(C=O)c(O[C@@H](C)C(=O)Nc2cc(Cl)ccc2OC)c1. The first-order valence-electron chi connectivity index (χ1n) is 8.51. The minimum Gasteiger partial charge on any atom is -0.495 e. The third-order valence-electron chi connectivity index (χ3n) is 3.68. The minimum absolute atomic E-state index is 0.277. The highest BCUT2D eigenvalue weighted by Gasteiger charge is 2.19. The Hall–Kier alpha value is -2.73. The molecule has 0 radical (unpaired) electrons. The molecular formula is C20H22ClNO5. The van der Waals surface area contributed by atoms with E-state index in [1.165, 1.54) is 7.11 Å². The summed E-state index contributed by atoms with van der Waals surface area (Å²) in [6.07, 6.45) is 0.656. The summed E-state index contributed by atoms with van der Waals surface area (Å²) < 4.78 is 16.5. The van der Waals surface area contributed by atoms with Gasteiger partial charge in [0.2, 0.25) is 0 Å². The summed E-state index contributed by atoms with van der Waals surface area (Å²) in [7, 11) is 1.50. The van der Waals surface area contributed by atoms with Crippen LogP contribution in [0.5, 0.6) is 17.2 Å². The largest absolute Gasteiger partial charge is 0.495 e. The summed E-state index contributed by atoms with van der Waals surface area (Å²) in [5.41, 5.74) is 0.764. The summed E-state index contributed by atoms with van der Waals surface area (Å²) in [4.78, 5) is 23.8. The summed E-state index contributed by atoms with van der Waals surface area (Å²) in [6, 6.07) is 9.78. The number of halogens is 1. The molecule has 0 aliphatic rings. The van der Waals surface area contributed by atoms with E-state index in [-0.39, 0.29) is 5.75 Å². The molecule has 1 atom stereocenters. The molecule has 2 aromatic rings. The highest BCUT2D eigenvalue weighted by Crippen LogP contribution is 2.29. The average Bonchev–Trinajstić information content (AvgIpc) is 2.66. The third kappa shape index (κ3) is 5.62. The lowest BCUT2D eigenvalue weighted by Crippen LogP contribution is -2.30. The summed E-state index contributed by atoms with van der Waals surface area (Å²) in [5.74, 6) is 0.914. The molecule has 6 nitrogen and oxygen atoms in total. The van der Waals surface area contributed by atoms with Crippen molar-refractivity contribution in [2.45, 2.75) is 26.4 Å². The van der Waals surface area contributed by atoms with Gasteiger partial charge in [0.1, 0.15) is 17.2 Å². The second-order valence-electron chi connectivity index (χ2n) is 5.76. The van der Waals surface area contributed by atoms with Gasteiger partial charge >= 0.3 is 0 Å². The van der Waals surface area contributed by atoms with Gasteiger partial charge in [0, 0.05) is 11.1 Å². The second kappa shape index (κ2) is 9.83. The lowest BCUT2D eigenvalue weighted by atomic mass is 10.2. The van der Waals surface area contributed by atoms with Gasteiger partial charge in [-0.1, -0.05) is 18.5 Å². The van der Waals surface area contributed by atoms with E-state index in [2.05, 4.69) is 5.32 Å². The molecule has 7 heteroatoms. The van der Waals surface area contributed by atoms with Crippen LogP contribution in [0.1, 0.15) is 30.6 Å². The lowest BCUT2D eigenvalue weighted by Gasteiger charge is -2.18. The molecule has 2 aromatic carbocycles. The Balaban J connectivity index is 2.14. The van der Waals surface area contributed by atoms with Crippen molar-refractivity contribution < 1.29 is 23.8 Å². The quantitative estimate of drug-likeness (QED) is 0.643. The number of hydrogen-bond donors (Lipinski definition) is 1. The van der Waals surface area contributed by atoms with Gasteiger partial charge in [-0.25, -0.2) is 0 Å². The van der Waals surface area contributed by atoms with E-state index in [4.69, 9.17) is 25.8 Å². The van der Waals surface area contributed by atoms with Crippen LogP contribution in [0.3, 0.4) is 0 Å². The highest BCUT2D eigenvalue weighted by molar-refractivity contribution is 6.31. The monoisotopic (exact) mass is 391 g/mol. The average molecular weight is 392 g/mol. The van der Waals surface area contributed by atoms with E-state index in [1.54, 1.807) is 43.3 Å². The number of ether oxygens (including phenoxy) is 3. The Kier molecular flexibility index (Phi) is 7.49. The summed E-state index contributed by atoms with van der Waals surface area (Å²) in [6.45, 7) is 4.12. The molecule has 0 aromatic heterocycles. The van der Waals surface area contributed by atoms with Crippen molar-refractivity contribution in [2.24, 2.45) is 0 Å². The number of anilines is 1. The van der Waals surface area contributed by atoms with E-state index < -0.39 is 12.0 Å². The van der Waals surface area contributed by atoms with Gasteiger partial charge in [0.25, 0.3) is 5.91 Å². The van der Waals surface area contributed by atoms with Crippen LogP contribution in [-0.2, 0) is 4.79 Å². The van der Waals surface area contributed by atoms with Crippen molar-refractivity contribution in [3.05, 3.63) is 47.0 Å². The normalized spacial score (nSPS) is 11.4. The Morgan fingerprint density at radius 2 is 2.00 bits per heavy atom. The molecule has 0 saturated carbocycles. The first-order chi connectivity index (χ1) is 13.0. The molecule has 0 spiro atoms. The molecule has 1 amide bonds. The molecule has 0 unspecified atom stereocenters. The standard InChI is InChI=1S/C20H22ClNO5/c1-4-9-26-16-7-5-14(12-23)19(11-16)27-13(2)20(24)22-17-10-15(21)6-8-18(17)25-3/h5-8,10-13H,4,9H2,1-3H3,(H,22,24)/t13-/m0/s1. The molecule has 0 aliphatic heterocycles. The van der Waals surface area contributed by atoms with E-state index in [1.807, 2.05) is 6.92 Å². The van der Waals surface area contributed by atoms with Gasteiger partial charge in [-0.3, -0.25) is 9.59 Å². The van der Waals surface area contributed by atoms with Crippen molar-refractivity contribution >= 4 is 29.5 Å². The fourth-order valence-electron chi connectivity index (χ4n) is 2.28. The van der Waals surface area contributed by atoms with Gasteiger partial charge < -0.3 is 19.5 Å². The van der Waals surface area contributed by atoms with Gasteiger partial charge in [0.15, 0.2) is 12.4 Å². The maximum Gasteiger partial charge on any atom is 0.265 e. The van der Waals surface area contributed by atoms with E-state index in [0.717, 1.165) is 6.42 Å². The third-order valence-corrected chi connectivity index (χ3v) is 3.91. The van der Waals surface area contributed by atoms with Crippen molar-refractivity contribution in [1.29, 1.82) is 0 Å². The van der Waals surface area contributed by atoms with Crippen LogP contribution in [0.25, 0.3) is 0 Å². The van der Waals surface area contributed by atoms with E-state index in [0.29, 0.717) is 40.7 Å². The van der Waals surface area contributed by atoms with Crippen LogP contribution in [0.2, 0.25) is 5.02 Å². The molecule has 0 saturated heterocycles. The molecule has 0 bridgehead atoms. The van der Waals surface area contributed by atoms with E-state index in [9.17, 15) is 9.59 Å². The van der Waals surface area contributed by atoms with Crippen molar-refractivity contribution in [1.82, 2.24) is 0 Å². The van der Waals surface area contributed by atoms with Gasteiger partial charge in [-0.2, -0.15) is 0 Å². The molecule has 2 rings (SSSR count). The van der Waals surface area contributed by atoms with E-state index >= 15 is 0 Å². The fraction of sp³-hybridized carbons (Fsp3) is 0.300. The number of methoxy groups -OCH3 is 1. The maximum absolute atomic E-state index is 12.5. The lowest BCUT2D eigenvalue weighted by molar-refractivity contribution is -0.122. The van der Waals surface area contributed by atoms with Crippen LogP contribution >= 0.6 is 11.6 Å². The Bertz CT molecular complexity index is 809. The number of hydrogen-bond acceptors (Lipinski definition) is 5. The van der Waals surface area contributed by atoms with Crippen molar-refractivity contribution in [3.63, 3.8) is 0 Å². The van der Waals surface area contributed by atoms with Crippen LogP contribution in [0.4, 0.5) is 5.69 Å². The van der Waals surface area contributed by atoms with Gasteiger partial charge in [-0.05, 0) is 43.7 Å². The first kappa shape index (κ1) is 20.6. The summed E-state index contributed by atoms with van der Waals surface area (Å²) >= 11 is 5.97. The van der Waals surface area contributed by atoms with Crippen LogP contribution < -0.4 is 19.5 Å². The highest BCUT2D eigenvalue weighted by atomic mass is 35.5. The van der Waals surface area contributed by atoms with Crippen LogP contribution in [0, 0.1) is 0 Å². The van der Waals surface area contributed by atoms with Gasteiger partial charge in [-0.15, -0.1) is 0 Å². The predicted octanol–water partition coefficient (Wildman–Crippen LogP) is 4.36. The van der Waals surface area contributed by atoms with Crippen molar-refractivity contribution in [3.8, 4) is 17.2 Å². The molecule has 1 N–H and O–H groups in total. The maximum atomic E-state index is 12.5. The van der Waals surface area contributed by atoms with Crippen molar-refractivity contribution in [2.75, 3.05) is 19.0 Å². The molecule has 27 heavy (non-hydrogen) atoms. The van der Waals surface area contributed by atoms with Crippen LogP contribution in [0.15, 0.2) is 36.4 Å². The number of rotatable bonds is 9. The molecule has 144 valence electrons. The Labute approximate surface area is 163 Å². The minimum atomic E-state index is -0.867. The topological polar surface area (TPSA) is 73.9 Å². The summed E-state index contributed by atoms with van der Waals surface area (Å²) in [5, 5.41) is 3.18. The predicted molar refractivity (Wildman–Crippen MR) is 104 cm³/mol. The molecule has 0 fully saturated rings. The zero-order valence-corrected chi connectivity index (χ0v) is 16.2.